The third kappa shape index (κ3) is 4.99. The van der Waals surface area contributed by atoms with Gasteiger partial charge >= 0.3 is 0 Å². The van der Waals surface area contributed by atoms with Crippen molar-refractivity contribution in [2.75, 3.05) is 11.9 Å². The Labute approximate surface area is 155 Å². The Morgan fingerprint density at radius 3 is 2.44 bits per heavy atom. The van der Waals surface area contributed by atoms with E-state index in [1.807, 2.05) is 20.8 Å². The number of nitrogens with zero attached hydrogens (tertiary/aromatic N) is 2. The highest BCUT2D eigenvalue weighted by Crippen LogP contribution is 2.40. The van der Waals surface area contributed by atoms with E-state index in [4.69, 9.17) is 11.6 Å². The molecule has 1 atom stereocenters. The zero-order valence-corrected chi connectivity index (χ0v) is 16.1. The van der Waals surface area contributed by atoms with Crippen LogP contribution in [0.25, 0.3) is 0 Å². The molecular weight excluding hydrogens is 362 g/mol. The number of amides is 1. The monoisotopic (exact) mass is 381 g/mol. The first-order chi connectivity index (χ1) is 11.6. The molecule has 134 valence electrons. The summed E-state index contributed by atoms with van der Waals surface area (Å²) < 4.78 is 0. The Morgan fingerprint density at radius 1 is 1.36 bits per heavy atom. The van der Waals surface area contributed by atoms with Gasteiger partial charge in [-0.1, -0.05) is 44.5 Å². The number of carbonyl (C=O) groups excluding carboxylic acids is 1. The average molecular weight is 382 g/mol. The second-order valence-electron chi connectivity index (χ2n) is 6.78. The number of aromatic nitrogens is 1. The molecule has 1 aromatic carbocycles. The quantitative estimate of drug-likeness (QED) is 0.612. The van der Waals surface area contributed by atoms with E-state index >= 15 is 0 Å². The molecule has 0 aliphatic carbocycles. The molecule has 1 amide bonds. The van der Waals surface area contributed by atoms with E-state index in [1.165, 1.54) is 18.3 Å². The van der Waals surface area contributed by atoms with Crippen molar-refractivity contribution in [3.8, 4) is 0 Å². The third-order valence-corrected chi connectivity index (χ3v) is 4.90. The summed E-state index contributed by atoms with van der Waals surface area (Å²) in [6.45, 7) is 7.13. The summed E-state index contributed by atoms with van der Waals surface area (Å²) in [6.07, 6.45) is 0. The first-order valence-corrected chi connectivity index (χ1v) is 8.93. The van der Waals surface area contributed by atoms with Crippen molar-refractivity contribution in [3.05, 3.63) is 55.5 Å². The minimum atomic E-state index is -0.457. The molecule has 0 bridgehead atoms. The van der Waals surface area contributed by atoms with Gasteiger partial charge in [0.05, 0.1) is 11.6 Å². The lowest BCUT2D eigenvalue weighted by atomic mass is 9.86. The molecule has 0 aliphatic heterocycles. The maximum Gasteiger partial charge on any atom is 0.223 e. The van der Waals surface area contributed by atoms with Gasteiger partial charge in [0.1, 0.15) is 0 Å². The molecule has 1 unspecified atom stereocenters. The fourth-order valence-corrected chi connectivity index (χ4v) is 3.96. The van der Waals surface area contributed by atoms with E-state index in [9.17, 15) is 14.9 Å². The zero-order chi connectivity index (χ0) is 18.8. The van der Waals surface area contributed by atoms with E-state index < -0.39 is 5.92 Å². The van der Waals surface area contributed by atoms with Gasteiger partial charge in [-0.25, -0.2) is 4.98 Å². The van der Waals surface area contributed by atoms with E-state index in [2.05, 4.69) is 10.3 Å². The van der Waals surface area contributed by atoms with Gasteiger partial charge in [0.2, 0.25) is 12.5 Å². The van der Waals surface area contributed by atoms with Gasteiger partial charge in [-0.3, -0.25) is 14.9 Å². The minimum Gasteiger partial charge on any atom is -0.302 e. The third-order valence-electron chi connectivity index (χ3n) is 3.57. The van der Waals surface area contributed by atoms with E-state index in [0.29, 0.717) is 10.2 Å². The second-order valence-corrected chi connectivity index (χ2v) is 8.25. The van der Waals surface area contributed by atoms with Gasteiger partial charge < -0.3 is 5.32 Å². The summed E-state index contributed by atoms with van der Waals surface area (Å²) in [5, 5.41) is 15.0. The maximum atomic E-state index is 11.4. The Morgan fingerprint density at radius 2 is 1.96 bits per heavy atom. The van der Waals surface area contributed by atoms with Crippen LogP contribution in [0.1, 0.15) is 49.7 Å². The lowest BCUT2D eigenvalue weighted by Crippen LogP contribution is -2.20. The number of halogens is 1. The number of nitro groups is 1. The molecule has 0 fully saturated rings. The van der Waals surface area contributed by atoms with Crippen LogP contribution >= 0.6 is 22.9 Å². The van der Waals surface area contributed by atoms with Gasteiger partial charge in [0.25, 0.3) is 0 Å². The van der Waals surface area contributed by atoms with Gasteiger partial charge in [-0.2, -0.15) is 0 Å². The van der Waals surface area contributed by atoms with Crippen LogP contribution in [-0.4, -0.2) is 22.4 Å². The first kappa shape index (κ1) is 19.3. The van der Waals surface area contributed by atoms with Gasteiger partial charge in [-0.15, -0.1) is 11.3 Å². The Balaban J connectivity index is 2.58. The number of nitrogens with one attached hydrogen (secondary N) is 1. The standard InChI is InChI=1S/C17H20ClN3O3S/c1-10(22)19-16-20-15(17(2,3)4)14(25-16)13(9-21(23)24)11-5-7-12(18)8-6-11/h5-8,13H,9H2,1-4H3,(H,19,20,22). The number of benzene rings is 1. The molecule has 25 heavy (non-hydrogen) atoms. The van der Waals surface area contributed by atoms with Crippen molar-refractivity contribution in [1.29, 1.82) is 0 Å². The number of hydrogen-bond donors (Lipinski definition) is 1. The van der Waals surface area contributed by atoms with Crippen molar-refractivity contribution in [2.24, 2.45) is 0 Å². The van der Waals surface area contributed by atoms with Crippen LogP contribution in [0.4, 0.5) is 5.13 Å². The number of thiazole rings is 1. The smallest absolute Gasteiger partial charge is 0.223 e. The number of hydrogen-bond acceptors (Lipinski definition) is 5. The van der Waals surface area contributed by atoms with Gasteiger partial charge in [0, 0.05) is 27.2 Å². The summed E-state index contributed by atoms with van der Waals surface area (Å²) in [6, 6.07) is 7.02. The lowest BCUT2D eigenvalue weighted by Gasteiger charge is -2.21. The van der Waals surface area contributed by atoms with Crippen LogP contribution in [0.5, 0.6) is 0 Å². The highest BCUT2D eigenvalue weighted by atomic mass is 35.5. The number of anilines is 1. The number of carbonyl (C=O) groups is 1. The van der Waals surface area contributed by atoms with Gasteiger partial charge in [0.15, 0.2) is 5.13 Å². The first-order valence-electron chi connectivity index (χ1n) is 7.74. The summed E-state index contributed by atoms with van der Waals surface area (Å²) in [5.41, 5.74) is 1.23. The predicted molar refractivity (Wildman–Crippen MR) is 100 cm³/mol. The summed E-state index contributed by atoms with van der Waals surface area (Å²) >= 11 is 7.23. The predicted octanol–water partition coefficient (Wildman–Crippen LogP) is 4.46. The molecule has 2 aromatic rings. The molecule has 0 aliphatic rings. The van der Waals surface area contributed by atoms with E-state index in [1.54, 1.807) is 24.3 Å². The topological polar surface area (TPSA) is 85.1 Å². The minimum absolute atomic E-state index is 0.224. The molecule has 6 nitrogen and oxygen atoms in total. The fourth-order valence-electron chi connectivity index (χ4n) is 2.49. The summed E-state index contributed by atoms with van der Waals surface area (Å²) in [5.74, 6) is -0.681. The largest absolute Gasteiger partial charge is 0.302 e. The Hall–Kier alpha value is -1.99. The highest BCUT2D eigenvalue weighted by molar-refractivity contribution is 7.16. The molecule has 2 rings (SSSR count). The second kappa shape index (κ2) is 7.49. The van der Waals surface area contributed by atoms with Crippen molar-refractivity contribution < 1.29 is 9.72 Å². The van der Waals surface area contributed by atoms with E-state index in [0.717, 1.165) is 16.1 Å². The lowest BCUT2D eigenvalue weighted by molar-refractivity contribution is -0.481. The summed E-state index contributed by atoms with van der Waals surface area (Å²) in [4.78, 5) is 27.6. The molecule has 8 heteroatoms. The van der Waals surface area contributed by atoms with Crippen molar-refractivity contribution in [1.82, 2.24) is 4.98 Å². The average Bonchev–Trinajstić information content (AvgIpc) is 2.88. The SMILES string of the molecule is CC(=O)Nc1nc(C(C)(C)C)c(C(C[N+](=O)[O-])c2ccc(Cl)cc2)s1. The Bertz CT molecular complexity index is 781. The van der Waals surface area contributed by atoms with Crippen LogP contribution < -0.4 is 5.32 Å². The molecular formula is C17H20ClN3O3S. The highest BCUT2D eigenvalue weighted by Gasteiger charge is 2.31. The molecule has 0 saturated heterocycles. The summed E-state index contributed by atoms with van der Waals surface area (Å²) in [7, 11) is 0. The van der Waals surface area contributed by atoms with E-state index in [-0.39, 0.29) is 22.8 Å². The van der Waals surface area contributed by atoms with Crippen LogP contribution in [0.2, 0.25) is 5.02 Å². The zero-order valence-electron chi connectivity index (χ0n) is 14.5. The van der Waals surface area contributed by atoms with Gasteiger partial charge in [-0.05, 0) is 17.7 Å². The molecule has 1 aromatic heterocycles. The van der Waals surface area contributed by atoms with Crippen molar-refractivity contribution in [2.45, 2.75) is 39.0 Å². The van der Waals surface area contributed by atoms with Crippen LogP contribution in [-0.2, 0) is 10.2 Å². The van der Waals surface area contributed by atoms with Crippen LogP contribution in [0.15, 0.2) is 24.3 Å². The molecule has 1 heterocycles. The molecule has 0 spiro atoms. The van der Waals surface area contributed by atoms with Crippen molar-refractivity contribution >= 4 is 34.0 Å². The molecule has 1 N–H and O–H groups in total. The van der Waals surface area contributed by atoms with Crippen LogP contribution in [0.3, 0.4) is 0 Å². The molecule has 0 saturated carbocycles. The molecule has 0 radical (unpaired) electrons. The van der Waals surface area contributed by atoms with Crippen molar-refractivity contribution in [3.63, 3.8) is 0 Å². The fraction of sp³-hybridized carbons (Fsp3) is 0.412. The number of rotatable bonds is 5. The Kier molecular flexibility index (Phi) is 5.80. The normalized spacial score (nSPS) is 12.7. The maximum absolute atomic E-state index is 11.4. The van der Waals surface area contributed by atoms with Crippen LogP contribution in [0, 0.1) is 10.1 Å².